The molecule has 1 aromatic carbocycles. The molecule has 1 saturated heterocycles. The lowest BCUT2D eigenvalue weighted by Crippen LogP contribution is -2.39. The van der Waals surface area contributed by atoms with E-state index in [0.717, 1.165) is 58.8 Å². The fraction of sp³-hybridized carbons (Fsp3) is 0.500. The Hall–Kier alpha value is -1.75. The second kappa shape index (κ2) is 10.0. The number of aryl methyl sites for hydroxylation is 1. The summed E-state index contributed by atoms with van der Waals surface area (Å²) >= 11 is 3.30. The van der Waals surface area contributed by atoms with E-state index >= 15 is 0 Å². The molecule has 1 fully saturated rings. The Bertz CT molecular complexity index is 1150. The van der Waals surface area contributed by atoms with Crippen molar-refractivity contribution in [1.29, 1.82) is 0 Å². The van der Waals surface area contributed by atoms with E-state index in [-0.39, 0.29) is 5.92 Å². The lowest BCUT2D eigenvalue weighted by atomic mass is 9.99. The number of aromatic nitrogens is 4. The van der Waals surface area contributed by atoms with Gasteiger partial charge in [0.05, 0.1) is 11.9 Å². The first kappa shape index (κ1) is 23.4. The quantitative estimate of drug-likeness (QED) is 0.430. The maximum atomic E-state index is 12.0. The molecule has 1 aliphatic rings. The molecule has 32 heavy (non-hydrogen) atoms. The van der Waals surface area contributed by atoms with Crippen molar-refractivity contribution in [3.63, 3.8) is 0 Å². The van der Waals surface area contributed by atoms with Crippen LogP contribution in [-0.4, -0.2) is 51.8 Å². The Labute approximate surface area is 198 Å². The van der Waals surface area contributed by atoms with Gasteiger partial charge in [0.2, 0.25) is 10.0 Å². The standard InChI is InChI=1S/C22H29N5O2S3/c1-4-11-27-20(18-6-5-12-26(13-18)32(3,28)29)24-25-22(27)31-15-19-14-30-21(23-19)17-9-7-16(2)8-10-17/h7-10,14,18H,4-6,11-13,15H2,1-3H3/t18-/m1/s1. The van der Waals surface area contributed by atoms with E-state index in [4.69, 9.17) is 4.98 Å². The highest BCUT2D eigenvalue weighted by molar-refractivity contribution is 7.98. The van der Waals surface area contributed by atoms with Gasteiger partial charge in [0.15, 0.2) is 5.16 Å². The van der Waals surface area contributed by atoms with Crippen LogP contribution in [0.1, 0.15) is 49.2 Å². The molecule has 0 aliphatic carbocycles. The van der Waals surface area contributed by atoms with E-state index in [1.165, 1.54) is 11.8 Å². The van der Waals surface area contributed by atoms with Crippen LogP contribution >= 0.6 is 23.1 Å². The third kappa shape index (κ3) is 5.41. The number of nitrogens with zero attached hydrogens (tertiary/aromatic N) is 5. The Morgan fingerprint density at radius 3 is 2.72 bits per heavy atom. The first-order valence-electron chi connectivity index (χ1n) is 10.9. The molecule has 1 aliphatic heterocycles. The Kier molecular flexibility index (Phi) is 7.34. The highest BCUT2D eigenvalue weighted by atomic mass is 32.2. The van der Waals surface area contributed by atoms with Crippen LogP contribution in [0.25, 0.3) is 10.6 Å². The minimum Gasteiger partial charge on any atom is -0.306 e. The summed E-state index contributed by atoms with van der Waals surface area (Å²) in [5.74, 6) is 1.71. The molecule has 0 spiro atoms. The van der Waals surface area contributed by atoms with Crippen molar-refractivity contribution in [2.24, 2.45) is 0 Å². The van der Waals surface area contributed by atoms with Gasteiger partial charge in [0.25, 0.3) is 0 Å². The fourth-order valence-electron chi connectivity index (χ4n) is 3.94. The Morgan fingerprint density at radius 1 is 1.22 bits per heavy atom. The monoisotopic (exact) mass is 491 g/mol. The Morgan fingerprint density at radius 2 is 2.00 bits per heavy atom. The predicted molar refractivity (Wildman–Crippen MR) is 131 cm³/mol. The van der Waals surface area contributed by atoms with Crippen molar-refractivity contribution in [3.05, 3.63) is 46.7 Å². The molecular weight excluding hydrogens is 462 g/mol. The molecule has 0 amide bonds. The summed E-state index contributed by atoms with van der Waals surface area (Å²) in [5.41, 5.74) is 3.41. The van der Waals surface area contributed by atoms with Crippen LogP contribution in [-0.2, 0) is 22.3 Å². The minimum atomic E-state index is -3.19. The minimum absolute atomic E-state index is 0.0827. The normalized spacial score (nSPS) is 17.7. The second-order valence-corrected chi connectivity index (χ2v) is 12.0. The first-order valence-corrected chi connectivity index (χ1v) is 14.6. The number of thioether (sulfide) groups is 1. The van der Waals surface area contributed by atoms with Gasteiger partial charge in [-0.25, -0.2) is 17.7 Å². The third-order valence-electron chi connectivity index (χ3n) is 5.61. The molecule has 10 heteroatoms. The van der Waals surface area contributed by atoms with Gasteiger partial charge in [-0.15, -0.1) is 21.5 Å². The van der Waals surface area contributed by atoms with E-state index in [0.29, 0.717) is 13.1 Å². The van der Waals surface area contributed by atoms with Crippen molar-refractivity contribution in [3.8, 4) is 10.6 Å². The van der Waals surface area contributed by atoms with Crippen molar-refractivity contribution in [2.45, 2.75) is 56.5 Å². The number of sulfonamides is 1. The number of hydrogen-bond donors (Lipinski definition) is 0. The summed E-state index contributed by atoms with van der Waals surface area (Å²) in [6.07, 6.45) is 4.03. The summed E-state index contributed by atoms with van der Waals surface area (Å²) in [7, 11) is -3.19. The topological polar surface area (TPSA) is 81.0 Å². The van der Waals surface area contributed by atoms with Gasteiger partial charge in [-0.2, -0.15) is 0 Å². The molecule has 3 heterocycles. The average molecular weight is 492 g/mol. The van der Waals surface area contributed by atoms with Gasteiger partial charge < -0.3 is 4.57 Å². The van der Waals surface area contributed by atoms with Crippen LogP contribution in [0.2, 0.25) is 0 Å². The van der Waals surface area contributed by atoms with E-state index < -0.39 is 10.0 Å². The molecule has 172 valence electrons. The molecule has 3 aromatic rings. The molecular formula is C22H29N5O2S3. The number of hydrogen-bond acceptors (Lipinski definition) is 7. The molecule has 7 nitrogen and oxygen atoms in total. The lowest BCUT2D eigenvalue weighted by Gasteiger charge is -2.30. The molecule has 2 aromatic heterocycles. The van der Waals surface area contributed by atoms with E-state index in [2.05, 4.69) is 58.3 Å². The SMILES string of the molecule is CCCn1c(SCc2csc(-c3ccc(C)cc3)n2)nnc1[C@@H]1CCCN(S(C)(=O)=O)C1. The van der Waals surface area contributed by atoms with E-state index in [9.17, 15) is 8.42 Å². The summed E-state index contributed by atoms with van der Waals surface area (Å²) in [5, 5.41) is 13.0. The van der Waals surface area contributed by atoms with Gasteiger partial charge in [-0.1, -0.05) is 48.5 Å². The zero-order valence-electron chi connectivity index (χ0n) is 18.7. The molecule has 0 unspecified atom stereocenters. The largest absolute Gasteiger partial charge is 0.306 e. The molecule has 0 N–H and O–H groups in total. The molecule has 0 saturated carbocycles. The number of thiazole rings is 1. The van der Waals surface area contributed by atoms with Crippen molar-refractivity contribution >= 4 is 33.1 Å². The van der Waals surface area contributed by atoms with Crippen LogP contribution in [0, 0.1) is 6.92 Å². The molecule has 0 radical (unpaired) electrons. The third-order valence-corrected chi connectivity index (χ3v) is 8.82. The predicted octanol–water partition coefficient (Wildman–Crippen LogP) is 4.55. The van der Waals surface area contributed by atoms with Crippen molar-refractivity contribution in [2.75, 3.05) is 19.3 Å². The van der Waals surface area contributed by atoms with Gasteiger partial charge in [0, 0.05) is 42.2 Å². The maximum absolute atomic E-state index is 12.0. The Balaban J connectivity index is 1.48. The van der Waals surface area contributed by atoms with Crippen LogP contribution in [0.5, 0.6) is 0 Å². The zero-order valence-corrected chi connectivity index (χ0v) is 21.1. The van der Waals surface area contributed by atoms with Gasteiger partial charge in [-0.3, -0.25) is 0 Å². The summed E-state index contributed by atoms with van der Waals surface area (Å²) in [4.78, 5) is 4.80. The van der Waals surface area contributed by atoms with Crippen LogP contribution in [0.4, 0.5) is 0 Å². The number of rotatable bonds is 8. The summed E-state index contributed by atoms with van der Waals surface area (Å²) < 4.78 is 27.8. The average Bonchev–Trinajstić information content (AvgIpc) is 3.40. The van der Waals surface area contributed by atoms with Crippen molar-refractivity contribution in [1.82, 2.24) is 24.1 Å². The fourth-order valence-corrected chi connectivity index (χ4v) is 6.64. The summed E-state index contributed by atoms with van der Waals surface area (Å²) in [6.45, 7) is 6.12. The van der Waals surface area contributed by atoms with Gasteiger partial charge >= 0.3 is 0 Å². The number of benzene rings is 1. The van der Waals surface area contributed by atoms with E-state index in [1.807, 2.05) is 0 Å². The van der Waals surface area contributed by atoms with Crippen molar-refractivity contribution < 1.29 is 8.42 Å². The molecule has 4 rings (SSSR count). The molecule has 0 bridgehead atoms. The van der Waals surface area contributed by atoms with Crippen LogP contribution in [0.15, 0.2) is 34.8 Å². The highest BCUT2D eigenvalue weighted by Crippen LogP contribution is 2.32. The van der Waals surface area contributed by atoms with Gasteiger partial charge in [-0.05, 0) is 26.2 Å². The van der Waals surface area contributed by atoms with E-state index in [1.54, 1.807) is 27.4 Å². The van der Waals surface area contributed by atoms with Crippen LogP contribution in [0.3, 0.4) is 0 Å². The van der Waals surface area contributed by atoms with Crippen LogP contribution < -0.4 is 0 Å². The highest BCUT2D eigenvalue weighted by Gasteiger charge is 2.30. The van der Waals surface area contributed by atoms with Gasteiger partial charge in [0.1, 0.15) is 10.8 Å². The zero-order chi connectivity index (χ0) is 22.7. The lowest BCUT2D eigenvalue weighted by molar-refractivity contribution is 0.305. The summed E-state index contributed by atoms with van der Waals surface area (Å²) in [6, 6.07) is 8.44. The molecule has 1 atom stereocenters. The first-order chi connectivity index (χ1) is 15.3. The number of piperidine rings is 1. The second-order valence-electron chi connectivity index (χ2n) is 8.25. The smallest absolute Gasteiger partial charge is 0.211 e. The maximum Gasteiger partial charge on any atom is 0.211 e.